The molecule has 1 aromatic rings. The third-order valence-corrected chi connectivity index (χ3v) is 4.31. The minimum absolute atomic E-state index is 0.218. The summed E-state index contributed by atoms with van der Waals surface area (Å²) < 4.78 is 6.08. The zero-order valence-corrected chi connectivity index (χ0v) is 13.3. The highest BCUT2D eigenvalue weighted by Gasteiger charge is 2.38. The normalized spacial score (nSPS) is 21.0. The largest absolute Gasteiger partial charge is 0.481 e. The molecular weight excluding hydrogens is 336 g/mol. The Balaban J connectivity index is 2.42. The van der Waals surface area contributed by atoms with Crippen molar-refractivity contribution >= 4 is 27.6 Å². The summed E-state index contributed by atoms with van der Waals surface area (Å²) in [5.74, 6) is -1.42. The monoisotopic (exact) mass is 352 g/mol. The summed E-state index contributed by atoms with van der Waals surface area (Å²) in [7, 11) is 0. The number of halogens is 1. The van der Waals surface area contributed by atoms with E-state index in [-0.39, 0.29) is 12.6 Å². The van der Waals surface area contributed by atoms with Crippen molar-refractivity contribution in [1.82, 2.24) is 0 Å². The van der Waals surface area contributed by atoms with E-state index in [0.29, 0.717) is 18.7 Å². The fraction of sp³-hybridized carbons (Fsp3) is 0.467. The number of rotatable bonds is 5. The zero-order chi connectivity index (χ0) is 15.4. The maximum absolute atomic E-state index is 11.4. The molecule has 21 heavy (non-hydrogen) atoms. The maximum Gasteiger partial charge on any atom is 0.311 e. The Labute approximate surface area is 132 Å². The lowest BCUT2D eigenvalue weighted by Gasteiger charge is -2.33. The van der Waals surface area contributed by atoms with Gasteiger partial charge in [-0.15, -0.1) is 0 Å². The van der Waals surface area contributed by atoms with Crippen LogP contribution in [0.4, 0.5) is 5.69 Å². The molecule has 0 aliphatic carbocycles. The number of ether oxygens (including phenoxy) is 1. The van der Waals surface area contributed by atoms with Crippen LogP contribution in [0.2, 0.25) is 0 Å². The van der Waals surface area contributed by atoms with Crippen LogP contribution < -0.4 is 4.90 Å². The van der Waals surface area contributed by atoms with Crippen molar-refractivity contribution in [2.24, 2.45) is 5.92 Å². The van der Waals surface area contributed by atoms with E-state index in [1.54, 1.807) is 0 Å². The van der Waals surface area contributed by atoms with Crippen LogP contribution in [-0.2, 0) is 9.53 Å². The van der Waals surface area contributed by atoms with Crippen LogP contribution in [0.1, 0.15) is 18.9 Å². The van der Waals surface area contributed by atoms with Gasteiger partial charge in [-0.1, -0.05) is 13.0 Å². The van der Waals surface area contributed by atoms with Gasteiger partial charge in [-0.25, -0.2) is 0 Å². The third-order valence-electron chi connectivity index (χ3n) is 3.65. The lowest BCUT2D eigenvalue weighted by molar-refractivity contribution is -0.141. The van der Waals surface area contributed by atoms with Crippen LogP contribution in [0.5, 0.6) is 0 Å². The van der Waals surface area contributed by atoms with Gasteiger partial charge in [-0.3, -0.25) is 4.79 Å². The van der Waals surface area contributed by atoms with Crippen LogP contribution in [0.15, 0.2) is 22.7 Å². The fourth-order valence-electron chi connectivity index (χ4n) is 2.65. The average Bonchev–Trinajstić information content (AvgIpc) is 2.94. The molecule has 112 valence electrons. The Morgan fingerprint density at radius 3 is 2.95 bits per heavy atom. The van der Waals surface area contributed by atoms with Crippen molar-refractivity contribution < 1.29 is 14.6 Å². The summed E-state index contributed by atoms with van der Waals surface area (Å²) in [6.45, 7) is 3.30. The Morgan fingerprint density at radius 1 is 1.57 bits per heavy atom. The molecule has 6 heteroatoms. The number of benzene rings is 1. The summed E-state index contributed by atoms with van der Waals surface area (Å²) in [5.41, 5.74) is 1.29. The standard InChI is InChI=1S/C15H17BrN2O3/c1-2-6-18(14-9-21-8-11(14)15(19)20)13-5-3-4-12(16)10(13)7-17/h3-5,11,14H,2,6,8-9H2,1H3,(H,19,20). The number of hydrogen-bond acceptors (Lipinski definition) is 4. The van der Waals surface area contributed by atoms with E-state index in [2.05, 4.69) is 22.0 Å². The SMILES string of the molecule is CCCN(c1cccc(Br)c1C#N)C1COCC1C(=O)O. The van der Waals surface area contributed by atoms with Gasteiger partial charge in [0.1, 0.15) is 12.0 Å². The van der Waals surface area contributed by atoms with E-state index in [0.717, 1.165) is 16.6 Å². The molecule has 2 atom stereocenters. The molecule has 0 amide bonds. The smallest absolute Gasteiger partial charge is 0.311 e. The van der Waals surface area contributed by atoms with Crippen LogP contribution in [0.3, 0.4) is 0 Å². The van der Waals surface area contributed by atoms with Gasteiger partial charge in [0.25, 0.3) is 0 Å². The van der Waals surface area contributed by atoms with Gasteiger partial charge in [-0.05, 0) is 34.5 Å². The van der Waals surface area contributed by atoms with E-state index < -0.39 is 11.9 Å². The number of anilines is 1. The number of carboxylic acids is 1. The lowest BCUT2D eigenvalue weighted by Crippen LogP contribution is -2.44. The summed E-state index contributed by atoms with van der Waals surface area (Å²) in [6.07, 6.45) is 0.861. The van der Waals surface area contributed by atoms with E-state index in [1.165, 1.54) is 0 Å². The molecule has 0 spiro atoms. The van der Waals surface area contributed by atoms with Crippen LogP contribution >= 0.6 is 15.9 Å². The predicted molar refractivity (Wildman–Crippen MR) is 82.2 cm³/mol. The zero-order valence-electron chi connectivity index (χ0n) is 11.8. The molecule has 1 aliphatic rings. The lowest BCUT2D eigenvalue weighted by atomic mass is 10.00. The first-order chi connectivity index (χ1) is 10.1. The van der Waals surface area contributed by atoms with E-state index in [9.17, 15) is 15.2 Å². The molecule has 2 unspecified atom stereocenters. The maximum atomic E-state index is 11.4. The van der Waals surface area contributed by atoms with Crippen LogP contribution in [-0.4, -0.2) is 36.9 Å². The summed E-state index contributed by atoms with van der Waals surface area (Å²) in [5, 5.41) is 18.7. The molecule has 1 aromatic carbocycles. The fourth-order valence-corrected chi connectivity index (χ4v) is 3.10. The molecule has 1 fully saturated rings. The van der Waals surface area contributed by atoms with Gasteiger partial charge in [0, 0.05) is 11.0 Å². The predicted octanol–water partition coefficient (Wildman–Crippen LogP) is 2.64. The Morgan fingerprint density at radius 2 is 2.33 bits per heavy atom. The quantitative estimate of drug-likeness (QED) is 0.881. The highest BCUT2D eigenvalue weighted by atomic mass is 79.9. The topological polar surface area (TPSA) is 73.6 Å². The molecule has 1 heterocycles. The summed E-state index contributed by atoms with van der Waals surface area (Å²) in [4.78, 5) is 13.4. The molecular formula is C15H17BrN2O3. The van der Waals surface area contributed by atoms with Gasteiger partial charge in [0.15, 0.2) is 0 Å². The number of carboxylic acid groups (broad SMARTS) is 1. The van der Waals surface area contributed by atoms with Gasteiger partial charge >= 0.3 is 5.97 Å². The van der Waals surface area contributed by atoms with Crippen molar-refractivity contribution in [1.29, 1.82) is 5.26 Å². The second-order valence-corrected chi connectivity index (χ2v) is 5.84. The van der Waals surface area contributed by atoms with Crippen LogP contribution in [0, 0.1) is 17.2 Å². The molecule has 0 radical (unpaired) electrons. The van der Waals surface area contributed by atoms with E-state index >= 15 is 0 Å². The highest BCUT2D eigenvalue weighted by Crippen LogP contribution is 2.32. The van der Waals surface area contributed by atoms with E-state index in [4.69, 9.17) is 4.74 Å². The Bertz CT molecular complexity index is 571. The second kappa shape index (κ2) is 6.92. The van der Waals surface area contributed by atoms with Crippen molar-refractivity contribution in [3.8, 4) is 6.07 Å². The Hall–Kier alpha value is -1.58. The molecule has 1 saturated heterocycles. The summed E-state index contributed by atoms with van der Waals surface area (Å²) in [6, 6.07) is 7.47. The first-order valence-electron chi connectivity index (χ1n) is 6.86. The summed E-state index contributed by atoms with van der Waals surface area (Å²) >= 11 is 3.38. The Kier molecular flexibility index (Phi) is 5.21. The highest BCUT2D eigenvalue weighted by molar-refractivity contribution is 9.10. The van der Waals surface area contributed by atoms with Crippen LogP contribution in [0.25, 0.3) is 0 Å². The molecule has 0 aromatic heterocycles. The molecule has 1 N–H and O–H groups in total. The average molecular weight is 353 g/mol. The molecule has 1 aliphatic heterocycles. The number of hydrogen-bond donors (Lipinski definition) is 1. The number of carbonyl (C=O) groups is 1. The number of aliphatic carboxylic acids is 1. The van der Waals surface area contributed by atoms with Crippen molar-refractivity contribution in [2.75, 3.05) is 24.7 Å². The van der Waals surface area contributed by atoms with Gasteiger partial charge in [-0.2, -0.15) is 5.26 Å². The van der Waals surface area contributed by atoms with Gasteiger partial charge in [0.2, 0.25) is 0 Å². The minimum atomic E-state index is -0.855. The van der Waals surface area contributed by atoms with Gasteiger partial charge < -0.3 is 14.7 Å². The third kappa shape index (κ3) is 3.20. The first-order valence-corrected chi connectivity index (χ1v) is 7.65. The molecule has 2 rings (SSSR count). The van der Waals surface area contributed by atoms with Crippen molar-refractivity contribution in [3.63, 3.8) is 0 Å². The first kappa shape index (κ1) is 15.8. The second-order valence-electron chi connectivity index (χ2n) is 4.99. The minimum Gasteiger partial charge on any atom is -0.481 e. The van der Waals surface area contributed by atoms with E-state index in [1.807, 2.05) is 30.0 Å². The molecule has 0 bridgehead atoms. The number of nitrogens with zero attached hydrogens (tertiary/aromatic N) is 2. The molecule has 5 nitrogen and oxygen atoms in total. The molecule has 0 saturated carbocycles. The van der Waals surface area contributed by atoms with Crippen molar-refractivity contribution in [2.45, 2.75) is 19.4 Å². The number of nitriles is 1. The van der Waals surface area contributed by atoms with Gasteiger partial charge in [0.05, 0.1) is 30.5 Å². The van der Waals surface area contributed by atoms with Crippen molar-refractivity contribution in [3.05, 3.63) is 28.2 Å².